The van der Waals surface area contributed by atoms with Gasteiger partial charge in [0.2, 0.25) is 0 Å². The molecule has 1 fully saturated rings. The van der Waals surface area contributed by atoms with Gasteiger partial charge < -0.3 is 19.1 Å². The van der Waals surface area contributed by atoms with Crippen LogP contribution in [0.15, 0.2) is 0 Å². The van der Waals surface area contributed by atoms with E-state index in [0.29, 0.717) is 56.3 Å². The molecule has 0 amide bonds. The van der Waals surface area contributed by atoms with Crippen LogP contribution in [0.1, 0.15) is 221 Å². The highest BCUT2D eigenvalue weighted by Gasteiger charge is 2.20. The molecule has 2 unspecified atom stereocenters. The van der Waals surface area contributed by atoms with Gasteiger partial charge in [0.15, 0.2) is 0 Å². The number of carbonyl (C=O) groups is 3. The number of likely N-dealkylation sites (tertiary alicyclic amines) is 1. The Bertz CT molecular complexity index is 906. The maximum absolute atomic E-state index is 13.2. The number of ether oxygens (including phenoxy) is 3. The van der Waals surface area contributed by atoms with E-state index in [1.807, 2.05) is 0 Å². The summed E-state index contributed by atoms with van der Waals surface area (Å²) in [4.78, 5) is 40.4. The fraction of sp³-hybridized carbons (Fsp3) is 0.938. The molecule has 0 aliphatic carbocycles. The molecule has 0 N–H and O–H groups in total. The second kappa shape index (κ2) is 35.5. The summed E-state index contributed by atoms with van der Waals surface area (Å²) in [7, 11) is 0. The number of esters is 3. The Kier molecular flexibility index (Phi) is 33.2. The van der Waals surface area contributed by atoms with Crippen molar-refractivity contribution in [2.45, 2.75) is 221 Å². The first-order chi connectivity index (χ1) is 26.7. The maximum atomic E-state index is 13.2. The van der Waals surface area contributed by atoms with Crippen molar-refractivity contribution in [2.24, 2.45) is 29.6 Å². The van der Waals surface area contributed by atoms with Crippen LogP contribution in [0.2, 0.25) is 0 Å². The summed E-state index contributed by atoms with van der Waals surface area (Å²) in [5, 5.41) is 0. The summed E-state index contributed by atoms with van der Waals surface area (Å²) < 4.78 is 17.1. The van der Waals surface area contributed by atoms with E-state index in [-0.39, 0.29) is 23.8 Å². The minimum Gasteiger partial charge on any atom is -0.466 e. The Morgan fingerprint density at radius 1 is 0.527 bits per heavy atom. The molecule has 1 aliphatic heterocycles. The van der Waals surface area contributed by atoms with Crippen molar-refractivity contribution in [2.75, 3.05) is 39.5 Å². The molecule has 1 aliphatic rings. The molecule has 55 heavy (non-hydrogen) atoms. The van der Waals surface area contributed by atoms with Crippen molar-refractivity contribution in [1.29, 1.82) is 0 Å². The van der Waals surface area contributed by atoms with Crippen molar-refractivity contribution in [3.05, 3.63) is 0 Å². The standard InChI is InChI=1S/C48H91NO6/c1-7-9-17-26-43(27-18-10-8-2)34-39-53-46(50)30-21-15-11-13-19-28-44(48(52)54-38-25-37-49-35-23-24-36-49)29-20-14-12-16-22-31-47(51)55-40-45(42(5)6)33-32-41(3)4/h41-45H,7-40H2,1-6H3. The minimum absolute atomic E-state index is 0.0158. The first-order valence-corrected chi connectivity index (χ1v) is 23.9. The first-order valence-electron chi connectivity index (χ1n) is 23.9. The normalized spacial score (nSPS) is 14.6. The van der Waals surface area contributed by atoms with Gasteiger partial charge in [0.1, 0.15) is 0 Å². The highest BCUT2D eigenvalue weighted by Crippen LogP contribution is 2.24. The van der Waals surface area contributed by atoms with Crippen LogP contribution in [0, 0.1) is 29.6 Å². The van der Waals surface area contributed by atoms with Crippen LogP contribution in [0.4, 0.5) is 0 Å². The minimum atomic E-state index is -0.0580. The molecule has 1 heterocycles. The van der Waals surface area contributed by atoms with E-state index in [1.54, 1.807) is 0 Å². The molecule has 0 saturated carbocycles. The Balaban J connectivity index is 2.31. The van der Waals surface area contributed by atoms with Gasteiger partial charge in [-0.15, -0.1) is 0 Å². The summed E-state index contributed by atoms with van der Waals surface area (Å²) in [6.45, 7) is 18.5. The van der Waals surface area contributed by atoms with Crippen LogP contribution in [-0.2, 0) is 28.6 Å². The van der Waals surface area contributed by atoms with Crippen LogP contribution < -0.4 is 0 Å². The van der Waals surface area contributed by atoms with Crippen LogP contribution in [0.3, 0.4) is 0 Å². The highest BCUT2D eigenvalue weighted by atomic mass is 16.5. The molecule has 0 aromatic heterocycles. The zero-order chi connectivity index (χ0) is 40.4. The van der Waals surface area contributed by atoms with Gasteiger partial charge in [-0.3, -0.25) is 14.4 Å². The van der Waals surface area contributed by atoms with Gasteiger partial charge in [-0.25, -0.2) is 0 Å². The van der Waals surface area contributed by atoms with E-state index in [0.717, 1.165) is 103 Å². The van der Waals surface area contributed by atoms with E-state index in [2.05, 4.69) is 46.4 Å². The van der Waals surface area contributed by atoms with E-state index < -0.39 is 0 Å². The van der Waals surface area contributed by atoms with E-state index in [4.69, 9.17) is 14.2 Å². The second-order valence-electron chi connectivity index (χ2n) is 17.9. The molecule has 0 aromatic rings. The smallest absolute Gasteiger partial charge is 0.308 e. The van der Waals surface area contributed by atoms with Crippen molar-refractivity contribution in [1.82, 2.24) is 4.90 Å². The highest BCUT2D eigenvalue weighted by molar-refractivity contribution is 5.72. The molecule has 324 valence electrons. The molecule has 7 heteroatoms. The summed E-state index contributed by atoms with van der Waals surface area (Å²) in [5.74, 6) is 2.19. The maximum Gasteiger partial charge on any atom is 0.308 e. The van der Waals surface area contributed by atoms with Crippen LogP contribution >= 0.6 is 0 Å². The lowest BCUT2D eigenvalue weighted by Crippen LogP contribution is -2.23. The lowest BCUT2D eigenvalue weighted by atomic mass is 9.89. The molecule has 0 bridgehead atoms. The Morgan fingerprint density at radius 3 is 1.60 bits per heavy atom. The number of unbranched alkanes of at least 4 members (excludes halogenated alkanes) is 12. The summed E-state index contributed by atoms with van der Waals surface area (Å²) >= 11 is 0. The van der Waals surface area contributed by atoms with Gasteiger partial charge in [-0.1, -0.05) is 151 Å². The van der Waals surface area contributed by atoms with Gasteiger partial charge in [0, 0.05) is 19.4 Å². The fourth-order valence-corrected chi connectivity index (χ4v) is 7.99. The van der Waals surface area contributed by atoms with Crippen LogP contribution in [0.5, 0.6) is 0 Å². The number of rotatable bonds is 38. The molecular formula is C48H91NO6. The monoisotopic (exact) mass is 778 g/mol. The average Bonchev–Trinajstić information content (AvgIpc) is 3.68. The number of hydrogen-bond donors (Lipinski definition) is 0. The molecule has 7 nitrogen and oxygen atoms in total. The third kappa shape index (κ3) is 30.2. The number of carbonyl (C=O) groups excluding carboxylic acids is 3. The van der Waals surface area contributed by atoms with Gasteiger partial charge in [0.05, 0.1) is 25.7 Å². The molecule has 1 rings (SSSR count). The zero-order valence-electron chi connectivity index (χ0n) is 37.3. The average molecular weight is 778 g/mol. The molecule has 2 atom stereocenters. The quantitative estimate of drug-likeness (QED) is 0.0351. The van der Waals surface area contributed by atoms with Gasteiger partial charge in [-0.05, 0) is 94.5 Å². The van der Waals surface area contributed by atoms with Crippen molar-refractivity contribution in [3.8, 4) is 0 Å². The Morgan fingerprint density at radius 2 is 1.05 bits per heavy atom. The molecule has 0 spiro atoms. The lowest BCUT2D eigenvalue weighted by Gasteiger charge is -2.21. The first kappa shape index (κ1) is 51.4. The predicted octanol–water partition coefficient (Wildman–Crippen LogP) is 13.1. The summed E-state index contributed by atoms with van der Waals surface area (Å²) in [6.07, 6.45) is 29.9. The largest absolute Gasteiger partial charge is 0.466 e. The Labute approximate surface area is 340 Å². The topological polar surface area (TPSA) is 82.1 Å². The van der Waals surface area contributed by atoms with E-state index >= 15 is 0 Å². The van der Waals surface area contributed by atoms with Gasteiger partial charge in [-0.2, -0.15) is 0 Å². The predicted molar refractivity (Wildman–Crippen MR) is 230 cm³/mol. The van der Waals surface area contributed by atoms with Gasteiger partial charge in [0.25, 0.3) is 0 Å². The van der Waals surface area contributed by atoms with Gasteiger partial charge >= 0.3 is 17.9 Å². The SMILES string of the molecule is CCCCCC(CCCCC)CCOC(=O)CCCCCCCC(CCCCCCCC(=O)OCC(CCC(C)C)C(C)C)C(=O)OCCCN1CCCC1. The molecule has 0 aromatic carbocycles. The summed E-state index contributed by atoms with van der Waals surface area (Å²) in [5.41, 5.74) is 0. The van der Waals surface area contributed by atoms with Crippen molar-refractivity contribution >= 4 is 17.9 Å². The number of hydrogen-bond acceptors (Lipinski definition) is 7. The summed E-state index contributed by atoms with van der Waals surface area (Å²) in [6, 6.07) is 0. The second-order valence-corrected chi connectivity index (χ2v) is 17.9. The van der Waals surface area contributed by atoms with Crippen molar-refractivity contribution in [3.63, 3.8) is 0 Å². The van der Waals surface area contributed by atoms with Crippen molar-refractivity contribution < 1.29 is 28.6 Å². The third-order valence-corrected chi connectivity index (χ3v) is 12.0. The fourth-order valence-electron chi connectivity index (χ4n) is 7.99. The third-order valence-electron chi connectivity index (χ3n) is 12.0. The molecule has 0 radical (unpaired) electrons. The molecular weight excluding hydrogens is 687 g/mol. The van der Waals surface area contributed by atoms with Crippen LogP contribution in [0.25, 0.3) is 0 Å². The lowest BCUT2D eigenvalue weighted by molar-refractivity contribution is -0.149. The number of nitrogens with zero attached hydrogens (tertiary/aromatic N) is 1. The van der Waals surface area contributed by atoms with Crippen LogP contribution in [-0.4, -0.2) is 62.3 Å². The van der Waals surface area contributed by atoms with E-state index in [9.17, 15) is 14.4 Å². The van der Waals surface area contributed by atoms with E-state index in [1.165, 1.54) is 83.7 Å². The molecule has 1 saturated heterocycles. The Hall–Kier alpha value is -1.63. The zero-order valence-corrected chi connectivity index (χ0v) is 37.3.